The number of carbonyl (C=O) groups excluding carboxylic acids is 1. The first-order chi connectivity index (χ1) is 12.9. The molecule has 2 aromatic carbocycles. The molecule has 0 saturated heterocycles. The molecule has 0 saturated carbocycles. The average molecular weight is 385 g/mol. The first-order valence-corrected chi connectivity index (χ1v) is 10.9. The number of carbonyl (C=O) groups is 1. The highest BCUT2D eigenvalue weighted by Gasteiger charge is 2.39. The lowest BCUT2D eigenvalue weighted by Crippen LogP contribution is -2.32. The van der Waals surface area contributed by atoms with Crippen molar-refractivity contribution in [3.8, 4) is 0 Å². The summed E-state index contributed by atoms with van der Waals surface area (Å²) >= 11 is 0. The number of benzene rings is 2. The maximum atomic E-state index is 13.4. The topological polar surface area (TPSA) is 57.7 Å². The summed E-state index contributed by atoms with van der Waals surface area (Å²) in [7, 11) is -3.63. The van der Waals surface area contributed by atoms with Gasteiger partial charge in [-0.2, -0.15) is 4.31 Å². The summed E-state index contributed by atoms with van der Waals surface area (Å²) in [5, 5.41) is 0. The van der Waals surface area contributed by atoms with E-state index in [0.29, 0.717) is 18.0 Å². The second-order valence-corrected chi connectivity index (χ2v) is 9.19. The highest BCUT2D eigenvalue weighted by Crippen LogP contribution is 2.44. The van der Waals surface area contributed by atoms with Gasteiger partial charge in [-0.05, 0) is 48.6 Å². The van der Waals surface area contributed by atoms with Gasteiger partial charge in [-0.25, -0.2) is 8.42 Å². The zero-order chi connectivity index (χ0) is 19.2. The third-order valence-corrected chi connectivity index (χ3v) is 7.48. The number of amides is 1. The molecular formula is C21H24N2O3S. The van der Waals surface area contributed by atoms with Crippen LogP contribution in [-0.2, 0) is 27.8 Å². The molecule has 2 aromatic rings. The summed E-state index contributed by atoms with van der Waals surface area (Å²) in [6.45, 7) is 5.18. The van der Waals surface area contributed by atoms with Crippen LogP contribution in [0.2, 0.25) is 0 Å². The van der Waals surface area contributed by atoms with Crippen molar-refractivity contribution in [3.63, 3.8) is 0 Å². The Morgan fingerprint density at radius 2 is 1.93 bits per heavy atom. The fourth-order valence-corrected chi connectivity index (χ4v) is 5.64. The Hall–Kier alpha value is -2.18. The van der Waals surface area contributed by atoms with E-state index in [9.17, 15) is 13.2 Å². The molecule has 0 unspecified atom stereocenters. The summed E-state index contributed by atoms with van der Waals surface area (Å²) < 4.78 is 28.2. The highest BCUT2D eigenvalue weighted by molar-refractivity contribution is 7.89. The fraction of sp³-hybridized carbons (Fsp3) is 0.381. The summed E-state index contributed by atoms with van der Waals surface area (Å²) in [4.78, 5) is 14.7. The van der Waals surface area contributed by atoms with Crippen LogP contribution in [0.5, 0.6) is 0 Å². The molecule has 142 valence electrons. The Balaban J connectivity index is 1.75. The van der Waals surface area contributed by atoms with Crippen molar-refractivity contribution in [1.82, 2.24) is 4.31 Å². The summed E-state index contributed by atoms with van der Waals surface area (Å²) in [6, 6.07) is 13.1. The number of hydrogen-bond donors (Lipinski definition) is 0. The average Bonchev–Trinajstić information content (AvgIpc) is 2.93. The van der Waals surface area contributed by atoms with E-state index < -0.39 is 10.0 Å². The molecule has 2 heterocycles. The van der Waals surface area contributed by atoms with Crippen LogP contribution in [0.1, 0.15) is 42.9 Å². The Kier molecular flexibility index (Phi) is 4.56. The number of hydrogen-bond acceptors (Lipinski definition) is 3. The lowest BCUT2D eigenvalue weighted by Gasteiger charge is -2.27. The number of anilines is 1. The van der Waals surface area contributed by atoms with Crippen LogP contribution in [0.4, 0.5) is 5.69 Å². The first-order valence-electron chi connectivity index (χ1n) is 9.45. The van der Waals surface area contributed by atoms with Gasteiger partial charge >= 0.3 is 0 Å². The van der Waals surface area contributed by atoms with Crippen molar-refractivity contribution in [3.05, 3.63) is 59.2 Å². The van der Waals surface area contributed by atoms with E-state index in [0.717, 1.165) is 41.8 Å². The molecule has 27 heavy (non-hydrogen) atoms. The van der Waals surface area contributed by atoms with Crippen molar-refractivity contribution in [1.29, 1.82) is 0 Å². The molecule has 1 amide bonds. The lowest BCUT2D eigenvalue weighted by molar-refractivity contribution is -0.119. The van der Waals surface area contributed by atoms with E-state index in [2.05, 4.69) is 0 Å². The molecule has 5 nitrogen and oxygen atoms in total. The van der Waals surface area contributed by atoms with Crippen molar-refractivity contribution in [2.45, 2.75) is 44.0 Å². The number of rotatable bonds is 5. The van der Waals surface area contributed by atoms with Crippen molar-refractivity contribution >= 4 is 21.6 Å². The molecule has 0 aromatic heterocycles. The van der Waals surface area contributed by atoms with Gasteiger partial charge in [-0.1, -0.05) is 37.3 Å². The molecule has 0 aliphatic carbocycles. The second-order valence-electron chi connectivity index (χ2n) is 7.25. The Labute approximate surface area is 160 Å². The van der Waals surface area contributed by atoms with Gasteiger partial charge in [-0.15, -0.1) is 0 Å². The Morgan fingerprint density at radius 3 is 2.63 bits per heavy atom. The SMILES string of the molecule is CCN(Cc1ccccc1)S(=O)(=O)c1cc2c3c(c1)[C@H](C)C(=O)N3CCC2. The number of aryl methyl sites for hydroxylation is 1. The predicted octanol–water partition coefficient (Wildman–Crippen LogP) is 3.29. The normalized spacial score (nSPS) is 18.9. The van der Waals surface area contributed by atoms with Crippen LogP contribution in [0.15, 0.2) is 47.4 Å². The first kappa shape index (κ1) is 18.2. The molecular weight excluding hydrogens is 360 g/mol. The van der Waals surface area contributed by atoms with E-state index in [4.69, 9.17) is 0 Å². The predicted molar refractivity (Wildman–Crippen MR) is 105 cm³/mol. The zero-order valence-electron chi connectivity index (χ0n) is 15.7. The van der Waals surface area contributed by atoms with Crippen LogP contribution >= 0.6 is 0 Å². The second kappa shape index (κ2) is 6.77. The van der Waals surface area contributed by atoms with E-state index in [1.165, 1.54) is 4.31 Å². The lowest BCUT2D eigenvalue weighted by atomic mass is 9.97. The maximum absolute atomic E-state index is 13.4. The third-order valence-electron chi connectivity index (χ3n) is 5.58. The minimum atomic E-state index is -3.63. The third kappa shape index (κ3) is 2.97. The van der Waals surface area contributed by atoms with Crippen molar-refractivity contribution in [2.24, 2.45) is 0 Å². The van der Waals surface area contributed by atoms with E-state index >= 15 is 0 Å². The van der Waals surface area contributed by atoms with Gasteiger partial charge in [-0.3, -0.25) is 4.79 Å². The molecule has 0 fully saturated rings. The molecule has 0 N–H and O–H groups in total. The van der Waals surface area contributed by atoms with Crippen molar-refractivity contribution < 1.29 is 13.2 Å². The number of sulfonamides is 1. The molecule has 2 aliphatic heterocycles. The van der Waals surface area contributed by atoms with Gasteiger partial charge in [0.05, 0.1) is 16.5 Å². The summed E-state index contributed by atoms with van der Waals surface area (Å²) in [6.07, 6.45) is 1.68. The van der Waals surface area contributed by atoms with Crippen LogP contribution < -0.4 is 4.90 Å². The summed E-state index contributed by atoms with van der Waals surface area (Å²) in [5.41, 5.74) is 3.74. The van der Waals surface area contributed by atoms with Gasteiger partial charge in [0.1, 0.15) is 0 Å². The van der Waals surface area contributed by atoms with Gasteiger partial charge in [0.2, 0.25) is 15.9 Å². The van der Waals surface area contributed by atoms with Gasteiger partial charge < -0.3 is 4.90 Å². The largest absolute Gasteiger partial charge is 0.311 e. The highest BCUT2D eigenvalue weighted by atomic mass is 32.2. The molecule has 0 spiro atoms. The zero-order valence-corrected chi connectivity index (χ0v) is 16.5. The van der Waals surface area contributed by atoms with Crippen LogP contribution in [0.25, 0.3) is 0 Å². The molecule has 4 rings (SSSR count). The van der Waals surface area contributed by atoms with Crippen LogP contribution in [-0.4, -0.2) is 31.7 Å². The minimum Gasteiger partial charge on any atom is -0.311 e. The monoisotopic (exact) mass is 384 g/mol. The molecule has 2 aliphatic rings. The molecule has 0 bridgehead atoms. The quantitative estimate of drug-likeness (QED) is 0.795. The van der Waals surface area contributed by atoms with E-state index in [-0.39, 0.29) is 11.8 Å². The summed E-state index contributed by atoms with van der Waals surface area (Å²) in [5.74, 6) is -0.201. The fourth-order valence-electron chi connectivity index (χ4n) is 4.12. The maximum Gasteiger partial charge on any atom is 0.243 e. The van der Waals surface area contributed by atoms with E-state index in [1.54, 1.807) is 12.1 Å². The van der Waals surface area contributed by atoms with Gasteiger partial charge in [0, 0.05) is 19.6 Å². The van der Waals surface area contributed by atoms with Crippen LogP contribution in [0, 0.1) is 0 Å². The molecule has 1 atom stereocenters. The smallest absolute Gasteiger partial charge is 0.243 e. The van der Waals surface area contributed by atoms with Gasteiger partial charge in [0.15, 0.2) is 0 Å². The van der Waals surface area contributed by atoms with Gasteiger partial charge in [0.25, 0.3) is 0 Å². The minimum absolute atomic E-state index is 0.0807. The molecule has 6 heteroatoms. The molecule has 0 radical (unpaired) electrons. The standard InChI is InChI=1S/C21H24N2O3S/c1-3-22(14-16-8-5-4-6-9-16)27(25,26)18-12-17-10-7-11-23-20(17)19(13-18)15(2)21(23)24/h4-6,8-9,12-13,15H,3,7,10-11,14H2,1-2H3/t15-/m0/s1. The van der Waals surface area contributed by atoms with Crippen LogP contribution in [0.3, 0.4) is 0 Å². The van der Waals surface area contributed by atoms with E-state index in [1.807, 2.05) is 49.1 Å². The Morgan fingerprint density at radius 1 is 1.19 bits per heavy atom. The Bertz CT molecular complexity index is 986. The van der Waals surface area contributed by atoms with Crippen molar-refractivity contribution in [2.75, 3.05) is 18.0 Å². The number of nitrogens with zero attached hydrogens (tertiary/aromatic N) is 2.